The largest absolute Gasteiger partial charge is 0.490 e. The minimum absolute atomic E-state index is 0.0196. The lowest BCUT2D eigenvalue weighted by atomic mass is 10.1. The summed E-state index contributed by atoms with van der Waals surface area (Å²) >= 11 is 0. The number of rotatable bonds is 6. The average molecular weight is 385 g/mol. The predicted molar refractivity (Wildman–Crippen MR) is 102 cm³/mol. The summed E-state index contributed by atoms with van der Waals surface area (Å²) in [6, 6.07) is 8.94. The maximum absolute atomic E-state index is 12.5. The molecule has 9 nitrogen and oxygen atoms in total. The number of hydrogen-bond donors (Lipinski definition) is 1. The Morgan fingerprint density at radius 3 is 2.79 bits per heavy atom. The normalized spacial score (nSPS) is 12.8. The van der Waals surface area contributed by atoms with Crippen molar-refractivity contribution in [2.45, 2.75) is 13.3 Å². The van der Waals surface area contributed by atoms with E-state index in [-0.39, 0.29) is 29.5 Å². The summed E-state index contributed by atoms with van der Waals surface area (Å²) in [6.07, 6.45) is 0.775. The lowest BCUT2D eigenvalue weighted by Gasteiger charge is -2.29. The summed E-state index contributed by atoms with van der Waals surface area (Å²) in [7, 11) is 1.32. The minimum Gasteiger partial charge on any atom is -0.490 e. The number of hydrogen-bond acceptors (Lipinski definition) is 6. The Hall–Kier alpha value is -3.62. The zero-order chi connectivity index (χ0) is 20.3. The van der Waals surface area contributed by atoms with E-state index in [1.54, 1.807) is 23.1 Å². The predicted octanol–water partition coefficient (Wildman–Crippen LogP) is 2.99. The van der Waals surface area contributed by atoms with E-state index in [4.69, 9.17) is 9.47 Å². The molecular weight excluding hydrogens is 366 g/mol. The topological polar surface area (TPSA) is 111 Å². The highest BCUT2D eigenvalue weighted by Gasteiger charge is 2.25. The van der Waals surface area contributed by atoms with Gasteiger partial charge >= 0.3 is 5.69 Å². The van der Waals surface area contributed by atoms with Gasteiger partial charge in [-0.2, -0.15) is 0 Å². The Morgan fingerprint density at radius 1 is 1.32 bits per heavy atom. The van der Waals surface area contributed by atoms with Crippen molar-refractivity contribution in [2.75, 3.05) is 30.5 Å². The van der Waals surface area contributed by atoms with Crippen molar-refractivity contribution in [3.8, 4) is 11.5 Å². The van der Waals surface area contributed by atoms with E-state index in [1.165, 1.54) is 19.2 Å². The van der Waals surface area contributed by atoms with Gasteiger partial charge in [-0.1, -0.05) is 6.92 Å². The third-order valence-electron chi connectivity index (χ3n) is 4.24. The fraction of sp³-hybridized carbons (Fsp3) is 0.263. The Morgan fingerprint density at radius 2 is 2.11 bits per heavy atom. The highest BCUT2D eigenvalue weighted by molar-refractivity contribution is 6.06. The molecule has 0 bridgehead atoms. The number of anilines is 2. The van der Waals surface area contributed by atoms with Crippen LogP contribution in [0.2, 0.25) is 0 Å². The molecule has 3 rings (SSSR count). The molecule has 1 aliphatic heterocycles. The van der Waals surface area contributed by atoms with Gasteiger partial charge in [0, 0.05) is 23.9 Å². The maximum atomic E-state index is 12.5. The number of carbonyl (C=O) groups is 2. The Balaban J connectivity index is 1.86. The Labute approximate surface area is 161 Å². The lowest BCUT2D eigenvalue weighted by Crippen LogP contribution is -2.39. The van der Waals surface area contributed by atoms with Gasteiger partial charge in [0.25, 0.3) is 11.8 Å². The van der Waals surface area contributed by atoms with Crippen LogP contribution in [0.1, 0.15) is 23.7 Å². The average Bonchev–Trinajstić information content (AvgIpc) is 2.69. The van der Waals surface area contributed by atoms with Crippen LogP contribution in [0.4, 0.5) is 17.1 Å². The van der Waals surface area contributed by atoms with Crippen LogP contribution in [0.25, 0.3) is 0 Å². The van der Waals surface area contributed by atoms with Crippen LogP contribution in [0.5, 0.6) is 11.5 Å². The third-order valence-corrected chi connectivity index (χ3v) is 4.24. The summed E-state index contributed by atoms with van der Waals surface area (Å²) in [6.45, 7) is 2.48. The molecule has 0 saturated carbocycles. The first-order valence-electron chi connectivity index (χ1n) is 8.65. The monoisotopic (exact) mass is 385 g/mol. The van der Waals surface area contributed by atoms with Gasteiger partial charge in [0.05, 0.1) is 17.7 Å². The molecule has 0 aliphatic carbocycles. The van der Waals surface area contributed by atoms with E-state index in [0.717, 1.165) is 12.5 Å². The van der Waals surface area contributed by atoms with Gasteiger partial charge in [0.2, 0.25) is 0 Å². The second-order valence-electron chi connectivity index (χ2n) is 6.11. The molecule has 1 heterocycles. The second kappa shape index (κ2) is 7.95. The summed E-state index contributed by atoms with van der Waals surface area (Å²) < 4.78 is 10.4. The van der Waals surface area contributed by atoms with Crippen LogP contribution in [-0.4, -0.2) is 37.0 Å². The Bertz CT molecular complexity index is 943. The van der Waals surface area contributed by atoms with Crippen molar-refractivity contribution in [2.24, 2.45) is 0 Å². The molecule has 146 valence electrons. The summed E-state index contributed by atoms with van der Waals surface area (Å²) in [5.74, 6) is -0.0354. The maximum Gasteiger partial charge on any atom is 0.311 e. The third kappa shape index (κ3) is 3.73. The highest BCUT2D eigenvalue weighted by atomic mass is 16.6. The van der Waals surface area contributed by atoms with Crippen LogP contribution in [0.3, 0.4) is 0 Å². The van der Waals surface area contributed by atoms with Crippen LogP contribution in [-0.2, 0) is 4.79 Å². The SMILES string of the molecule is CCCN1C(=O)COc2ccc(NC(=O)c3ccc(OC)c([N+](=O)[O-])c3)cc21. The first-order chi connectivity index (χ1) is 13.4. The molecule has 0 aromatic heterocycles. The van der Waals surface area contributed by atoms with Gasteiger partial charge < -0.3 is 19.7 Å². The summed E-state index contributed by atoms with van der Waals surface area (Å²) in [4.78, 5) is 36.8. The van der Waals surface area contributed by atoms with Gasteiger partial charge in [0.15, 0.2) is 12.4 Å². The molecule has 0 atom stereocenters. The molecule has 0 radical (unpaired) electrons. The van der Waals surface area contributed by atoms with E-state index >= 15 is 0 Å². The van der Waals surface area contributed by atoms with E-state index in [1.807, 2.05) is 6.92 Å². The van der Waals surface area contributed by atoms with E-state index in [2.05, 4.69) is 5.32 Å². The molecule has 0 fully saturated rings. The van der Waals surface area contributed by atoms with Crippen molar-refractivity contribution >= 4 is 28.9 Å². The quantitative estimate of drug-likeness (QED) is 0.604. The van der Waals surface area contributed by atoms with Crippen molar-refractivity contribution in [1.82, 2.24) is 0 Å². The van der Waals surface area contributed by atoms with E-state index in [9.17, 15) is 19.7 Å². The van der Waals surface area contributed by atoms with Gasteiger partial charge in [-0.3, -0.25) is 19.7 Å². The molecule has 0 unspecified atom stereocenters. The molecule has 2 amide bonds. The smallest absolute Gasteiger partial charge is 0.311 e. The first-order valence-corrected chi connectivity index (χ1v) is 8.65. The highest BCUT2D eigenvalue weighted by Crippen LogP contribution is 2.35. The molecule has 1 aliphatic rings. The minimum atomic E-state index is -0.611. The van der Waals surface area contributed by atoms with Crippen molar-refractivity contribution in [3.63, 3.8) is 0 Å². The summed E-state index contributed by atoms with van der Waals surface area (Å²) in [5.41, 5.74) is 0.843. The number of nitro benzene ring substituents is 1. The van der Waals surface area contributed by atoms with E-state index < -0.39 is 10.8 Å². The van der Waals surface area contributed by atoms with Crippen molar-refractivity contribution < 1.29 is 24.0 Å². The van der Waals surface area contributed by atoms with Crippen molar-refractivity contribution in [1.29, 1.82) is 0 Å². The molecular formula is C19H19N3O6. The van der Waals surface area contributed by atoms with Crippen molar-refractivity contribution in [3.05, 3.63) is 52.1 Å². The van der Waals surface area contributed by atoms with Gasteiger partial charge in [0.1, 0.15) is 5.75 Å². The standard InChI is InChI=1S/C19H19N3O6/c1-3-8-21-14-10-13(5-7-17(14)28-11-18(21)23)20-19(24)12-4-6-16(27-2)15(9-12)22(25)26/h4-7,9-10H,3,8,11H2,1-2H3,(H,20,24). The first kappa shape index (κ1) is 19.2. The molecule has 0 spiro atoms. The number of fused-ring (bicyclic) bond motifs is 1. The zero-order valence-electron chi connectivity index (χ0n) is 15.4. The number of methoxy groups -OCH3 is 1. The Kier molecular flexibility index (Phi) is 5.44. The molecule has 28 heavy (non-hydrogen) atoms. The molecule has 0 saturated heterocycles. The van der Waals surface area contributed by atoms with Crippen LogP contribution < -0.4 is 19.7 Å². The van der Waals surface area contributed by atoms with Crippen LogP contribution in [0.15, 0.2) is 36.4 Å². The number of nitrogens with zero attached hydrogens (tertiary/aromatic N) is 2. The summed E-state index contributed by atoms with van der Waals surface area (Å²) in [5, 5.41) is 13.8. The fourth-order valence-electron chi connectivity index (χ4n) is 2.93. The second-order valence-corrected chi connectivity index (χ2v) is 6.11. The molecule has 2 aromatic rings. The number of ether oxygens (including phenoxy) is 2. The fourth-order valence-corrected chi connectivity index (χ4v) is 2.93. The van der Waals surface area contributed by atoms with Gasteiger partial charge in [-0.15, -0.1) is 0 Å². The van der Waals surface area contributed by atoms with Crippen LogP contribution in [0, 0.1) is 10.1 Å². The number of benzene rings is 2. The number of carbonyl (C=O) groups excluding carboxylic acids is 2. The molecule has 2 aromatic carbocycles. The number of amides is 2. The van der Waals surface area contributed by atoms with Crippen LogP contribution >= 0.6 is 0 Å². The molecule has 1 N–H and O–H groups in total. The molecule has 9 heteroatoms. The van der Waals surface area contributed by atoms with Gasteiger partial charge in [-0.25, -0.2) is 0 Å². The zero-order valence-corrected chi connectivity index (χ0v) is 15.4. The van der Waals surface area contributed by atoms with Gasteiger partial charge in [-0.05, 0) is 36.8 Å². The van der Waals surface area contributed by atoms with E-state index in [0.29, 0.717) is 23.7 Å². The lowest BCUT2D eigenvalue weighted by molar-refractivity contribution is -0.385. The number of nitrogens with one attached hydrogen (secondary N) is 1. The number of nitro groups is 1.